The van der Waals surface area contributed by atoms with E-state index in [1.807, 2.05) is 0 Å². The fraction of sp³-hybridized carbons (Fsp3) is 0.211. The number of fused-ring (bicyclic) bond motifs is 3. The van der Waals surface area contributed by atoms with E-state index in [-0.39, 0.29) is 30.2 Å². The molecule has 0 radical (unpaired) electrons. The molecule has 0 saturated heterocycles. The number of hydrogen-bond donors (Lipinski definition) is 0. The van der Waals surface area contributed by atoms with Gasteiger partial charge in [0, 0.05) is 6.07 Å². The van der Waals surface area contributed by atoms with Crippen LogP contribution >= 0.6 is 0 Å². The van der Waals surface area contributed by atoms with E-state index in [0.717, 1.165) is 0 Å². The highest BCUT2D eigenvalue weighted by Crippen LogP contribution is 2.47. The Morgan fingerprint density at radius 3 is 2.37 bits per heavy atom. The summed E-state index contributed by atoms with van der Waals surface area (Å²) >= 11 is 0. The molecule has 1 aromatic heterocycles. The summed E-state index contributed by atoms with van der Waals surface area (Å²) in [4.78, 5) is 13.3. The van der Waals surface area contributed by atoms with Crippen LogP contribution in [0.1, 0.15) is 0 Å². The van der Waals surface area contributed by atoms with E-state index in [1.165, 1.54) is 20.5 Å². The van der Waals surface area contributed by atoms with Gasteiger partial charge < -0.3 is 32.8 Å². The van der Waals surface area contributed by atoms with Gasteiger partial charge >= 0.3 is 0 Å². The number of hydrogen-bond acceptors (Lipinski definition) is 8. The molecule has 27 heavy (non-hydrogen) atoms. The van der Waals surface area contributed by atoms with E-state index in [0.29, 0.717) is 45.5 Å². The van der Waals surface area contributed by atoms with Gasteiger partial charge in [0.1, 0.15) is 17.2 Å². The van der Waals surface area contributed by atoms with Gasteiger partial charge in [0.05, 0.1) is 19.8 Å². The monoisotopic (exact) mass is 370 g/mol. The van der Waals surface area contributed by atoms with Gasteiger partial charge in [-0.3, -0.25) is 4.79 Å². The molecule has 0 fully saturated rings. The summed E-state index contributed by atoms with van der Waals surface area (Å²) in [5, 5.41) is 0.274. The van der Waals surface area contributed by atoms with Crippen molar-refractivity contribution in [1.29, 1.82) is 0 Å². The van der Waals surface area contributed by atoms with Gasteiger partial charge in [-0.15, -0.1) is 0 Å². The van der Waals surface area contributed by atoms with Crippen molar-refractivity contribution in [2.75, 3.05) is 27.8 Å². The average Bonchev–Trinajstić information content (AvgIpc) is 3.34. The van der Waals surface area contributed by atoms with E-state index in [1.54, 1.807) is 18.2 Å². The van der Waals surface area contributed by atoms with Gasteiger partial charge in [-0.2, -0.15) is 0 Å². The molecule has 0 N–H and O–H groups in total. The van der Waals surface area contributed by atoms with Gasteiger partial charge in [-0.25, -0.2) is 0 Å². The Morgan fingerprint density at radius 2 is 1.63 bits per heavy atom. The third-order valence-corrected chi connectivity index (χ3v) is 4.53. The van der Waals surface area contributed by atoms with Gasteiger partial charge in [-0.05, 0) is 17.7 Å². The van der Waals surface area contributed by atoms with Crippen molar-refractivity contribution in [1.82, 2.24) is 0 Å². The molecule has 0 spiro atoms. The van der Waals surface area contributed by atoms with Gasteiger partial charge in [-0.1, -0.05) is 0 Å². The first-order chi connectivity index (χ1) is 13.2. The van der Waals surface area contributed by atoms with Crippen molar-refractivity contribution >= 4 is 11.0 Å². The van der Waals surface area contributed by atoms with Crippen molar-refractivity contribution in [3.8, 4) is 45.6 Å². The van der Waals surface area contributed by atoms with E-state index >= 15 is 0 Å². The summed E-state index contributed by atoms with van der Waals surface area (Å²) in [6, 6.07) is 5.03. The van der Waals surface area contributed by atoms with Crippen molar-refractivity contribution in [3.05, 3.63) is 34.7 Å². The summed E-state index contributed by atoms with van der Waals surface area (Å²) in [6.45, 7) is 0.154. The largest absolute Gasteiger partial charge is 0.493 e. The molecule has 0 unspecified atom stereocenters. The Balaban J connectivity index is 1.77. The maximum Gasteiger partial charge on any atom is 0.231 e. The molecular formula is C19H14O8. The van der Waals surface area contributed by atoms with E-state index in [9.17, 15) is 4.79 Å². The zero-order chi connectivity index (χ0) is 18.5. The van der Waals surface area contributed by atoms with Crippen molar-refractivity contribution in [3.63, 3.8) is 0 Å². The number of benzene rings is 2. The highest BCUT2D eigenvalue weighted by atomic mass is 16.7. The topological polar surface area (TPSA) is 85.6 Å². The van der Waals surface area contributed by atoms with E-state index in [4.69, 9.17) is 32.8 Å². The quantitative estimate of drug-likeness (QED) is 0.696. The van der Waals surface area contributed by atoms with Crippen LogP contribution in [-0.2, 0) is 0 Å². The predicted molar refractivity (Wildman–Crippen MR) is 93.3 cm³/mol. The van der Waals surface area contributed by atoms with Crippen molar-refractivity contribution in [2.45, 2.75) is 0 Å². The van der Waals surface area contributed by atoms with E-state index < -0.39 is 0 Å². The smallest absolute Gasteiger partial charge is 0.231 e. The number of ether oxygens (including phenoxy) is 6. The maximum absolute atomic E-state index is 13.3. The molecule has 8 heteroatoms. The number of methoxy groups -OCH3 is 2. The molecule has 2 aliphatic heterocycles. The lowest BCUT2D eigenvalue weighted by Gasteiger charge is -2.11. The van der Waals surface area contributed by atoms with Crippen molar-refractivity contribution in [2.24, 2.45) is 0 Å². The molecule has 0 amide bonds. The summed E-state index contributed by atoms with van der Waals surface area (Å²) in [7, 11) is 2.99. The first-order valence-corrected chi connectivity index (χ1v) is 8.11. The molecule has 3 heterocycles. The summed E-state index contributed by atoms with van der Waals surface area (Å²) in [5.74, 6) is 2.62. The first kappa shape index (κ1) is 15.7. The molecule has 0 atom stereocenters. The molecule has 138 valence electrons. The zero-order valence-electron chi connectivity index (χ0n) is 14.5. The minimum absolute atomic E-state index is 0.0580. The Bertz CT molecular complexity index is 1130. The highest BCUT2D eigenvalue weighted by molar-refractivity contribution is 5.92. The molecule has 5 rings (SSSR count). The second-order valence-electron chi connectivity index (χ2n) is 5.91. The van der Waals surface area contributed by atoms with Crippen LogP contribution in [0, 0.1) is 0 Å². The van der Waals surface area contributed by atoms with Crippen LogP contribution in [0.5, 0.6) is 34.5 Å². The average molecular weight is 370 g/mol. The van der Waals surface area contributed by atoms with Crippen LogP contribution in [0.15, 0.2) is 33.7 Å². The molecule has 0 aliphatic carbocycles. The second kappa shape index (κ2) is 5.73. The highest BCUT2D eigenvalue weighted by Gasteiger charge is 2.27. The lowest BCUT2D eigenvalue weighted by molar-refractivity contribution is 0.171. The molecule has 0 bridgehead atoms. The minimum Gasteiger partial charge on any atom is -0.493 e. The van der Waals surface area contributed by atoms with Gasteiger partial charge in [0.25, 0.3) is 0 Å². The molecule has 3 aromatic rings. The van der Waals surface area contributed by atoms with Crippen LogP contribution in [0.2, 0.25) is 0 Å². The summed E-state index contributed by atoms with van der Waals surface area (Å²) in [5.41, 5.74) is 0.979. The normalized spacial score (nSPS) is 13.9. The van der Waals surface area contributed by atoms with E-state index in [2.05, 4.69) is 0 Å². The minimum atomic E-state index is -0.271. The second-order valence-corrected chi connectivity index (χ2v) is 5.91. The standard InChI is InChI=1S/C19H14O8/c1-21-12-3-9(4-13-17(12)26-7-24-13)10-6-23-11-5-14-18(27-8-25-14)19(22-2)15(11)16(10)20/h3-6H,7-8H2,1-2H3. The lowest BCUT2D eigenvalue weighted by Crippen LogP contribution is -2.07. The molecule has 2 aliphatic rings. The Morgan fingerprint density at radius 1 is 0.889 bits per heavy atom. The van der Waals surface area contributed by atoms with Gasteiger partial charge in [0.15, 0.2) is 23.0 Å². The van der Waals surface area contributed by atoms with Crippen LogP contribution < -0.4 is 33.8 Å². The zero-order valence-corrected chi connectivity index (χ0v) is 14.5. The Labute approximate surface area is 152 Å². The molecular weight excluding hydrogens is 356 g/mol. The predicted octanol–water partition coefficient (Wildman–Crippen LogP) is 2.93. The third-order valence-electron chi connectivity index (χ3n) is 4.53. The Hall–Kier alpha value is -3.55. The van der Waals surface area contributed by atoms with Crippen LogP contribution in [0.3, 0.4) is 0 Å². The fourth-order valence-corrected chi connectivity index (χ4v) is 3.29. The van der Waals surface area contributed by atoms with Gasteiger partial charge in [0.2, 0.25) is 30.5 Å². The third kappa shape index (κ3) is 2.19. The summed E-state index contributed by atoms with van der Waals surface area (Å²) < 4.78 is 38.1. The summed E-state index contributed by atoms with van der Waals surface area (Å²) in [6.07, 6.45) is 1.39. The SMILES string of the molecule is COc1cc(-c2coc3cc4c(c(OC)c3c2=O)OCO4)cc2c1OCO2. The maximum atomic E-state index is 13.3. The molecule has 2 aromatic carbocycles. The van der Waals surface area contributed by atoms with Crippen molar-refractivity contribution < 1.29 is 32.8 Å². The number of rotatable bonds is 3. The van der Waals surface area contributed by atoms with Crippen LogP contribution in [0.25, 0.3) is 22.1 Å². The fourth-order valence-electron chi connectivity index (χ4n) is 3.29. The molecule has 0 saturated carbocycles. The lowest BCUT2D eigenvalue weighted by atomic mass is 10.0. The molecule has 8 nitrogen and oxygen atoms in total. The van der Waals surface area contributed by atoms with Crippen LogP contribution in [-0.4, -0.2) is 27.8 Å². The Kier molecular flexibility index (Phi) is 3.33. The first-order valence-electron chi connectivity index (χ1n) is 8.11. The van der Waals surface area contributed by atoms with Crippen LogP contribution in [0.4, 0.5) is 0 Å².